The number of likely N-dealkylation sites (tertiary alicyclic amines) is 1. The number of nitrogen functional groups attached to an aromatic ring is 1. The molecule has 24 heavy (non-hydrogen) atoms. The fraction of sp³-hybridized carbons (Fsp3) is 0.588. The van der Waals surface area contributed by atoms with Crippen molar-refractivity contribution in [3.63, 3.8) is 0 Å². The molecule has 0 bridgehead atoms. The fourth-order valence-corrected chi connectivity index (χ4v) is 3.33. The minimum absolute atomic E-state index is 0.487. The highest BCUT2D eigenvalue weighted by molar-refractivity contribution is 5.38. The number of rotatable bonds is 5. The quantitative estimate of drug-likeness (QED) is 0.889. The van der Waals surface area contributed by atoms with Crippen LogP contribution in [0.2, 0.25) is 0 Å². The molecule has 1 saturated heterocycles. The van der Waals surface area contributed by atoms with Gasteiger partial charge in [0, 0.05) is 31.3 Å². The van der Waals surface area contributed by atoms with Crippen molar-refractivity contribution in [1.29, 1.82) is 0 Å². The van der Waals surface area contributed by atoms with Gasteiger partial charge in [-0.15, -0.1) is 10.2 Å². The number of piperidine rings is 1. The van der Waals surface area contributed by atoms with Gasteiger partial charge in [-0.2, -0.15) is 0 Å². The van der Waals surface area contributed by atoms with Crippen molar-refractivity contribution in [2.75, 3.05) is 32.9 Å². The van der Waals surface area contributed by atoms with Crippen LogP contribution in [0, 0.1) is 0 Å². The van der Waals surface area contributed by atoms with Crippen LogP contribution in [0.4, 0.5) is 5.82 Å². The summed E-state index contributed by atoms with van der Waals surface area (Å²) >= 11 is 0. The van der Waals surface area contributed by atoms with Crippen molar-refractivity contribution in [3.8, 4) is 0 Å². The summed E-state index contributed by atoms with van der Waals surface area (Å²) in [6.45, 7) is 3.80. The lowest BCUT2D eigenvalue weighted by Crippen LogP contribution is -2.33. The van der Waals surface area contributed by atoms with Crippen molar-refractivity contribution in [3.05, 3.63) is 35.5 Å². The standard InChI is InChI=1S/C17H27N7/c1-22(2)12-15-20-21-17(23(15)3)13-6-9-24(10-7-13)11-14-5-4-8-19-16(14)18/h4-5,8,13H,6-7,9-12H2,1-3H3,(H2,18,19). The van der Waals surface area contributed by atoms with Gasteiger partial charge in [-0.05, 0) is 46.1 Å². The fourth-order valence-electron chi connectivity index (χ4n) is 3.33. The third-order valence-corrected chi connectivity index (χ3v) is 4.73. The van der Waals surface area contributed by atoms with Crippen LogP contribution in [0.3, 0.4) is 0 Å². The highest BCUT2D eigenvalue weighted by atomic mass is 15.3. The molecule has 0 unspecified atom stereocenters. The average Bonchev–Trinajstić information content (AvgIpc) is 2.91. The Hall–Kier alpha value is -1.99. The van der Waals surface area contributed by atoms with E-state index in [4.69, 9.17) is 5.73 Å². The van der Waals surface area contributed by atoms with Gasteiger partial charge in [0.25, 0.3) is 0 Å². The molecular weight excluding hydrogens is 302 g/mol. The Bertz CT molecular complexity index is 671. The summed E-state index contributed by atoms with van der Waals surface area (Å²) in [6.07, 6.45) is 3.95. The van der Waals surface area contributed by atoms with Crippen LogP contribution in [-0.4, -0.2) is 56.7 Å². The van der Waals surface area contributed by atoms with Crippen LogP contribution in [0.25, 0.3) is 0 Å². The lowest BCUT2D eigenvalue weighted by atomic mass is 9.95. The molecule has 2 N–H and O–H groups in total. The second-order valence-corrected chi connectivity index (χ2v) is 6.87. The van der Waals surface area contributed by atoms with E-state index in [-0.39, 0.29) is 0 Å². The normalized spacial score (nSPS) is 16.8. The Morgan fingerprint density at radius 2 is 2.00 bits per heavy atom. The van der Waals surface area contributed by atoms with Crippen molar-refractivity contribution in [2.24, 2.45) is 7.05 Å². The van der Waals surface area contributed by atoms with Crippen LogP contribution < -0.4 is 5.73 Å². The predicted molar refractivity (Wildman–Crippen MR) is 94.3 cm³/mol. The molecule has 1 fully saturated rings. The van der Waals surface area contributed by atoms with E-state index in [1.807, 2.05) is 6.07 Å². The summed E-state index contributed by atoms with van der Waals surface area (Å²) in [5.74, 6) is 3.27. The third-order valence-electron chi connectivity index (χ3n) is 4.73. The van der Waals surface area contributed by atoms with Gasteiger partial charge in [-0.1, -0.05) is 6.07 Å². The van der Waals surface area contributed by atoms with Gasteiger partial charge in [-0.3, -0.25) is 4.90 Å². The van der Waals surface area contributed by atoms with Crippen molar-refractivity contribution in [1.82, 2.24) is 29.5 Å². The zero-order valence-electron chi connectivity index (χ0n) is 14.8. The summed E-state index contributed by atoms with van der Waals surface area (Å²) < 4.78 is 2.17. The second-order valence-electron chi connectivity index (χ2n) is 6.87. The molecule has 7 heteroatoms. The highest BCUT2D eigenvalue weighted by Gasteiger charge is 2.25. The SMILES string of the molecule is CN(C)Cc1nnc(C2CCN(Cc3cccnc3N)CC2)n1C. The van der Waals surface area contributed by atoms with Gasteiger partial charge in [-0.25, -0.2) is 4.98 Å². The minimum atomic E-state index is 0.487. The Balaban J connectivity index is 1.59. The Morgan fingerprint density at radius 1 is 1.25 bits per heavy atom. The smallest absolute Gasteiger partial charge is 0.146 e. The third kappa shape index (κ3) is 3.73. The molecule has 0 atom stereocenters. The first kappa shape index (κ1) is 16.9. The van der Waals surface area contributed by atoms with E-state index in [2.05, 4.69) is 56.8 Å². The first-order valence-electron chi connectivity index (χ1n) is 8.49. The lowest BCUT2D eigenvalue weighted by molar-refractivity contribution is 0.200. The van der Waals surface area contributed by atoms with Crippen molar-refractivity contribution >= 4 is 5.82 Å². The first-order valence-corrected chi connectivity index (χ1v) is 8.49. The van der Waals surface area contributed by atoms with Crippen LogP contribution in [0.1, 0.15) is 36.0 Å². The predicted octanol–water partition coefficient (Wildman–Crippen LogP) is 1.23. The maximum atomic E-state index is 5.96. The van der Waals surface area contributed by atoms with E-state index < -0.39 is 0 Å². The average molecular weight is 329 g/mol. The monoisotopic (exact) mass is 329 g/mol. The highest BCUT2D eigenvalue weighted by Crippen LogP contribution is 2.28. The van der Waals surface area contributed by atoms with E-state index in [1.165, 1.54) is 0 Å². The van der Waals surface area contributed by atoms with Gasteiger partial charge >= 0.3 is 0 Å². The van der Waals surface area contributed by atoms with Gasteiger partial charge < -0.3 is 15.2 Å². The van der Waals surface area contributed by atoms with Crippen molar-refractivity contribution < 1.29 is 0 Å². The summed E-state index contributed by atoms with van der Waals surface area (Å²) in [5.41, 5.74) is 7.07. The molecule has 0 spiro atoms. The maximum Gasteiger partial charge on any atom is 0.146 e. The molecule has 0 aliphatic carbocycles. The van der Waals surface area contributed by atoms with Crippen LogP contribution in [0.15, 0.2) is 18.3 Å². The van der Waals surface area contributed by atoms with E-state index >= 15 is 0 Å². The molecule has 7 nitrogen and oxygen atoms in total. The molecule has 3 rings (SSSR count). The molecule has 130 valence electrons. The Kier molecular flexibility index (Phi) is 5.11. The Morgan fingerprint density at radius 3 is 2.67 bits per heavy atom. The van der Waals surface area contributed by atoms with E-state index in [9.17, 15) is 0 Å². The molecular formula is C17H27N7. The van der Waals surface area contributed by atoms with Crippen LogP contribution in [0.5, 0.6) is 0 Å². The molecule has 0 radical (unpaired) electrons. The number of hydrogen-bond donors (Lipinski definition) is 1. The molecule has 2 aromatic rings. The zero-order chi connectivity index (χ0) is 17.1. The van der Waals surface area contributed by atoms with E-state index in [0.717, 1.165) is 56.2 Å². The molecule has 1 aliphatic heterocycles. The lowest BCUT2D eigenvalue weighted by Gasteiger charge is -2.31. The van der Waals surface area contributed by atoms with E-state index in [0.29, 0.717) is 11.7 Å². The summed E-state index contributed by atoms with van der Waals surface area (Å²) in [5, 5.41) is 8.82. The first-order chi connectivity index (χ1) is 11.5. The van der Waals surface area contributed by atoms with Crippen LogP contribution in [-0.2, 0) is 20.1 Å². The Labute approximate surface area is 143 Å². The molecule has 2 aromatic heterocycles. The van der Waals surface area contributed by atoms with Gasteiger partial charge in [0.15, 0.2) is 0 Å². The molecule has 0 aromatic carbocycles. The van der Waals surface area contributed by atoms with E-state index in [1.54, 1.807) is 6.20 Å². The topological polar surface area (TPSA) is 76.1 Å². The second kappa shape index (κ2) is 7.27. The number of nitrogens with two attached hydrogens (primary N) is 1. The molecule has 0 saturated carbocycles. The summed E-state index contributed by atoms with van der Waals surface area (Å²) in [7, 11) is 6.19. The van der Waals surface area contributed by atoms with Crippen LogP contribution >= 0.6 is 0 Å². The summed E-state index contributed by atoms with van der Waals surface area (Å²) in [4.78, 5) is 8.74. The largest absolute Gasteiger partial charge is 0.383 e. The number of pyridine rings is 1. The van der Waals surface area contributed by atoms with Gasteiger partial charge in [0.05, 0.1) is 6.54 Å². The number of anilines is 1. The minimum Gasteiger partial charge on any atom is -0.383 e. The molecule has 0 amide bonds. The summed E-state index contributed by atoms with van der Waals surface area (Å²) in [6, 6.07) is 4.01. The zero-order valence-corrected chi connectivity index (χ0v) is 14.8. The number of aromatic nitrogens is 4. The number of hydrogen-bond acceptors (Lipinski definition) is 6. The molecule has 3 heterocycles. The molecule has 1 aliphatic rings. The van der Waals surface area contributed by atoms with Gasteiger partial charge in [0.2, 0.25) is 0 Å². The maximum absolute atomic E-state index is 5.96. The number of nitrogens with zero attached hydrogens (tertiary/aromatic N) is 6. The van der Waals surface area contributed by atoms with Gasteiger partial charge in [0.1, 0.15) is 17.5 Å². The van der Waals surface area contributed by atoms with Crippen molar-refractivity contribution in [2.45, 2.75) is 31.8 Å².